The number of aromatic nitrogens is 1. The minimum Gasteiger partial charge on any atom is -0.497 e. The fraction of sp³-hybridized carbons (Fsp3) is 0.333. The number of pyridine rings is 1. The number of rotatable bonds is 3. The van der Waals surface area contributed by atoms with E-state index in [0.29, 0.717) is 11.4 Å². The molecule has 1 rings (SSSR count). The third kappa shape index (κ3) is 2.20. The van der Waals surface area contributed by atoms with Crippen molar-refractivity contribution in [1.29, 1.82) is 0 Å². The average Bonchev–Trinajstić information content (AvgIpc) is 2.27. The van der Waals surface area contributed by atoms with Crippen LogP contribution in [0.5, 0.6) is 5.75 Å². The molecule has 0 atom stereocenters. The Morgan fingerprint density at radius 2 is 2.21 bits per heavy atom. The maximum absolute atomic E-state index is 11.1. The highest BCUT2D eigenvalue weighted by molar-refractivity contribution is 5.87. The molecule has 14 heavy (non-hydrogen) atoms. The first-order valence-corrected chi connectivity index (χ1v) is 3.95. The number of esters is 1. The van der Waals surface area contributed by atoms with E-state index in [4.69, 9.17) is 9.84 Å². The van der Waals surface area contributed by atoms with Gasteiger partial charge in [0.2, 0.25) is 0 Å². The van der Waals surface area contributed by atoms with E-state index in [1.54, 1.807) is 6.07 Å². The van der Waals surface area contributed by atoms with Crippen molar-refractivity contribution in [1.82, 2.24) is 4.98 Å². The lowest BCUT2D eigenvalue weighted by Gasteiger charge is -2.04. The van der Waals surface area contributed by atoms with Crippen molar-refractivity contribution in [3.05, 3.63) is 23.5 Å². The third-order valence-electron chi connectivity index (χ3n) is 1.64. The van der Waals surface area contributed by atoms with Crippen LogP contribution in [0, 0.1) is 0 Å². The molecule has 0 aromatic carbocycles. The summed E-state index contributed by atoms with van der Waals surface area (Å²) in [5.41, 5.74) is 0.487. The smallest absolute Gasteiger partial charge is 0.356 e. The van der Waals surface area contributed by atoms with Crippen molar-refractivity contribution in [2.75, 3.05) is 14.2 Å². The molecule has 0 aliphatic heterocycles. The maximum atomic E-state index is 11.1. The van der Waals surface area contributed by atoms with E-state index in [0.717, 1.165) is 0 Å². The summed E-state index contributed by atoms with van der Waals surface area (Å²) in [5, 5.41) is 8.87. The predicted molar refractivity (Wildman–Crippen MR) is 48.1 cm³/mol. The topological polar surface area (TPSA) is 68.7 Å². The van der Waals surface area contributed by atoms with E-state index in [9.17, 15) is 4.79 Å². The number of methoxy groups -OCH3 is 2. The van der Waals surface area contributed by atoms with Crippen LogP contribution < -0.4 is 4.74 Å². The number of aliphatic hydroxyl groups is 1. The maximum Gasteiger partial charge on any atom is 0.356 e. The van der Waals surface area contributed by atoms with Crippen molar-refractivity contribution in [2.24, 2.45) is 0 Å². The molecule has 0 aliphatic carbocycles. The second-order valence-electron chi connectivity index (χ2n) is 2.53. The van der Waals surface area contributed by atoms with E-state index in [-0.39, 0.29) is 12.3 Å². The number of nitrogens with zero attached hydrogens (tertiary/aromatic N) is 1. The zero-order valence-electron chi connectivity index (χ0n) is 7.98. The summed E-state index contributed by atoms with van der Waals surface area (Å²) in [5.74, 6) is -0.0944. The summed E-state index contributed by atoms with van der Waals surface area (Å²) >= 11 is 0. The predicted octanol–water partition coefficient (Wildman–Crippen LogP) is 0.369. The molecule has 0 saturated heterocycles. The molecule has 0 saturated carbocycles. The molecule has 0 aliphatic rings. The highest BCUT2D eigenvalue weighted by Gasteiger charge is 2.10. The number of hydrogen-bond acceptors (Lipinski definition) is 5. The molecule has 5 nitrogen and oxygen atoms in total. The Bertz CT molecular complexity index is 315. The molecule has 0 fully saturated rings. The largest absolute Gasteiger partial charge is 0.497 e. The quantitative estimate of drug-likeness (QED) is 0.709. The van der Waals surface area contributed by atoms with Crippen LogP contribution >= 0.6 is 0 Å². The van der Waals surface area contributed by atoms with Gasteiger partial charge in [0.15, 0.2) is 5.69 Å². The molecule has 1 N–H and O–H groups in total. The zero-order valence-corrected chi connectivity index (χ0v) is 7.98. The standard InChI is InChI=1S/C9H11NO4/c1-13-7-3-6(5-11)10-8(4-7)9(12)14-2/h3-4,11H,5H2,1-2H3. The Labute approximate surface area is 81.3 Å². The van der Waals surface area contributed by atoms with Gasteiger partial charge in [0, 0.05) is 12.1 Å². The highest BCUT2D eigenvalue weighted by Crippen LogP contribution is 2.14. The Morgan fingerprint density at radius 3 is 2.71 bits per heavy atom. The van der Waals surface area contributed by atoms with Gasteiger partial charge in [0.25, 0.3) is 0 Å². The molecule has 1 heterocycles. The monoisotopic (exact) mass is 197 g/mol. The Morgan fingerprint density at radius 1 is 1.50 bits per heavy atom. The van der Waals surface area contributed by atoms with Crippen LogP contribution in [0.2, 0.25) is 0 Å². The summed E-state index contributed by atoms with van der Waals surface area (Å²) in [6.45, 7) is -0.249. The molecule has 1 aromatic rings. The molecule has 0 spiro atoms. The SMILES string of the molecule is COC(=O)c1cc(OC)cc(CO)n1. The Balaban J connectivity index is 3.10. The van der Waals surface area contributed by atoms with Crippen LogP contribution in [0.4, 0.5) is 0 Å². The second-order valence-corrected chi connectivity index (χ2v) is 2.53. The van der Waals surface area contributed by atoms with Gasteiger partial charge in [-0.05, 0) is 0 Å². The summed E-state index contributed by atoms with van der Waals surface area (Å²) in [7, 11) is 2.74. The van der Waals surface area contributed by atoms with Crippen LogP contribution in [-0.4, -0.2) is 30.3 Å². The fourth-order valence-corrected chi connectivity index (χ4v) is 0.968. The lowest BCUT2D eigenvalue weighted by Crippen LogP contribution is -2.06. The number of carbonyl (C=O) groups excluding carboxylic acids is 1. The summed E-state index contributed by atoms with van der Waals surface area (Å²) in [4.78, 5) is 15.0. The van der Waals surface area contributed by atoms with Crippen molar-refractivity contribution >= 4 is 5.97 Å². The van der Waals surface area contributed by atoms with E-state index in [2.05, 4.69) is 9.72 Å². The lowest BCUT2D eigenvalue weighted by molar-refractivity contribution is 0.0593. The van der Waals surface area contributed by atoms with Gasteiger partial charge < -0.3 is 14.6 Å². The van der Waals surface area contributed by atoms with Gasteiger partial charge in [-0.2, -0.15) is 0 Å². The molecule has 0 radical (unpaired) electrons. The van der Waals surface area contributed by atoms with Gasteiger partial charge in [0.05, 0.1) is 26.5 Å². The van der Waals surface area contributed by atoms with Gasteiger partial charge >= 0.3 is 5.97 Å². The minimum absolute atomic E-state index is 0.121. The zero-order chi connectivity index (χ0) is 10.6. The molecular formula is C9H11NO4. The van der Waals surface area contributed by atoms with Gasteiger partial charge in [-0.3, -0.25) is 0 Å². The highest BCUT2D eigenvalue weighted by atomic mass is 16.5. The summed E-state index contributed by atoms with van der Waals surface area (Å²) in [6, 6.07) is 3.00. The van der Waals surface area contributed by atoms with Crippen molar-refractivity contribution in [3.63, 3.8) is 0 Å². The van der Waals surface area contributed by atoms with Gasteiger partial charge in [-0.25, -0.2) is 9.78 Å². The van der Waals surface area contributed by atoms with Crippen molar-refractivity contribution < 1.29 is 19.4 Å². The van der Waals surface area contributed by atoms with E-state index >= 15 is 0 Å². The first-order valence-electron chi connectivity index (χ1n) is 3.95. The molecule has 5 heteroatoms. The molecule has 0 amide bonds. The number of carbonyl (C=O) groups is 1. The van der Waals surface area contributed by atoms with Crippen LogP contribution in [0.15, 0.2) is 12.1 Å². The van der Waals surface area contributed by atoms with Crippen LogP contribution in [0.3, 0.4) is 0 Å². The van der Waals surface area contributed by atoms with Crippen LogP contribution in [0.25, 0.3) is 0 Å². The van der Waals surface area contributed by atoms with E-state index < -0.39 is 5.97 Å². The molecular weight excluding hydrogens is 186 g/mol. The fourth-order valence-electron chi connectivity index (χ4n) is 0.968. The number of ether oxygens (including phenoxy) is 2. The van der Waals surface area contributed by atoms with Gasteiger partial charge in [0.1, 0.15) is 5.75 Å². The summed E-state index contributed by atoms with van der Waals surface area (Å²) < 4.78 is 9.43. The van der Waals surface area contributed by atoms with E-state index in [1.165, 1.54) is 20.3 Å². The molecule has 0 unspecified atom stereocenters. The molecule has 0 bridgehead atoms. The van der Waals surface area contributed by atoms with Crippen LogP contribution in [-0.2, 0) is 11.3 Å². The lowest BCUT2D eigenvalue weighted by atomic mass is 10.3. The first kappa shape index (κ1) is 10.5. The second kappa shape index (κ2) is 4.57. The summed E-state index contributed by atoms with van der Waals surface area (Å²) in [6.07, 6.45) is 0. The minimum atomic E-state index is -0.557. The van der Waals surface area contributed by atoms with Gasteiger partial charge in [-0.15, -0.1) is 0 Å². The Hall–Kier alpha value is -1.62. The van der Waals surface area contributed by atoms with Gasteiger partial charge in [-0.1, -0.05) is 0 Å². The molecule has 1 aromatic heterocycles. The first-order chi connectivity index (χ1) is 6.71. The average molecular weight is 197 g/mol. The number of hydrogen-bond donors (Lipinski definition) is 1. The Kier molecular flexibility index (Phi) is 3.41. The normalized spacial score (nSPS) is 9.64. The number of aliphatic hydroxyl groups excluding tert-OH is 1. The molecule has 76 valence electrons. The van der Waals surface area contributed by atoms with Crippen LogP contribution in [0.1, 0.15) is 16.2 Å². The van der Waals surface area contributed by atoms with Crippen molar-refractivity contribution in [3.8, 4) is 5.75 Å². The third-order valence-corrected chi connectivity index (χ3v) is 1.64. The van der Waals surface area contributed by atoms with Crippen molar-refractivity contribution in [2.45, 2.75) is 6.61 Å². The van der Waals surface area contributed by atoms with E-state index in [1.807, 2.05) is 0 Å².